The Morgan fingerprint density at radius 2 is 1.90 bits per heavy atom. The van der Waals surface area contributed by atoms with Crippen molar-refractivity contribution in [2.75, 3.05) is 5.32 Å². The molecule has 0 aliphatic heterocycles. The van der Waals surface area contributed by atoms with E-state index >= 15 is 0 Å². The Balaban J connectivity index is 2.28. The topological polar surface area (TPSA) is 35.8 Å². The Kier molecular flexibility index (Phi) is 4.59. The van der Waals surface area contributed by atoms with Gasteiger partial charge in [0.05, 0.1) is 17.7 Å². The van der Waals surface area contributed by atoms with Crippen LogP contribution in [0.2, 0.25) is 0 Å². The predicted molar refractivity (Wildman–Crippen MR) is 82.0 cm³/mol. The molecule has 0 amide bonds. The molecule has 2 aromatic carbocycles. The van der Waals surface area contributed by atoms with Gasteiger partial charge in [0.15, 0.2) is 0 Å². The van der Waals surface area contributed by atoms with Crippen LogP contribution in [0.25, 0.3) is 0 Å². The van der Waals surface area contributed by atoms with E-state index in [2.05, 4.69) is 21.2 Å². The van der Waals surface area contributed by atoms with Crippen molar-refractivity contribution in [3.8, 4) is 6.07 Å². The van der Waals surface area contributed by atoms with E-state index in [0.717, 1.165) is 0 Å². The molecule has 0 bridgehead atoms. The van der Waals surface area contributed by atoms with E-state index in [1.165, 1.54) is 19.1 Å². The van der Waals surface area contributed by atoms with E-state index in [9.17, 15) is 8.78 Å². The zero-order valence-electron chi connectivity index (χ0n) is 11.5. The molecule has 1 atom stereocenters. The van der Waals surface area contributed by atoms with E-state index in [4.69, 9.17) is 5.26 Å². The molecule has 2 rings (SSSR count). The van der Waals surface area contributed by atoms with E-state index in [0.29, 0.717) is 15.7 Å². The molecule has 0 saturated carbocycles. The lowest BCUT2D eigenvalue weighted by Gasteiger charge is -2.18. The van der Waals surface area contributed by atoms with Crippen molar-refractivity contribution < 1.29 is 8.78 Å². The largest absolute Gasteiger partial charge is 0.377 e. The van der Waals surface area contributed by atoms with Gasteiger partial charge < -0.3 is 5.32 Å². The summed E-state index contributed by atoms with van der Waals surface area (Å²) in [6.07, 6.45) is 0. The third-order valence-electron chi connectivity index (χ3n) is 3.21. The van der Waals surface area contributed by atoms with Crippen LogP contribution in [0.15, 0.2) is 34.8 Å². The summed E-state index contributed by atoms with van der Waals surface area (Å²) in [5.41, 5.74) is 1.77. The van der Waals surface area contributed by atoms with Crippen LogP contribution in [0.3, 0.4) is 0 Å². The molecule has 0 spiro atoms. The first-order valence-electron chi connectivity index (χ1n) is 6.34. The zero-order valence-corrected chi connectivity index (χ0v) is 13.1. The summed E-state index contributed by atoms with van der Waals surface area (Å²) in [5, 5.41) is 11.9. The lowest BCUT2D eigenvalue weighted by molar-refractivity contribution is 0.571. The molecule has 2 nitrogen and oxygen atoms in total. The summed E-state index contributed by atoms with van der Waals surface area (Å²) in [7, 11) is 0. The van der Waals surface area contributed by atoms with E-state index in [1.54, 1.807) is 25.1 Å². The fourth-order valence-electron chi connectivity index (χ4n) is 2.01. The fraction of sp³-hybridized carbons (Fsp3) is 0.188. The van der Waals surface area contributed by atoms with Crippen molar-refractivity contribution >= 4 is 21.6 Å². The van der Waals surface area contributed by atoms with Crippen LogP contribution in [-0.4, -0.2) is 0 Å². The van der Waals surface area contributed by atoms with Crippen molar-refractivity contribution in [3.05, 3.63) is 63.1 Å². The van der Waals surface area contributed by atoms with Crippen molar-refractivity contribution in [2.24, 2.45) is 0 Å². The minimum Gasteiger partial charge on any atom is -0.377 e. The highest BCUT2D eigenvalue weighted by Gasteiger charge is 2.15. The third kappa shape index (κ3) is 3.40. The normalized spacial score (nSPS) is 11.8. The summed E-state index contributed by atoms with van der Waals surface area (Å²) in [6, 6.07) is 9.07. The lowest BCUT2D eigenvalue weighted by atomic mass is 10.0. The molecular weight excluding hydrogens is 338 g/mol. The number of nitrogens with zero attached hydrogens (tertiary/aromatic N) is 1. The van der Waals surface area contributed by atoms with Crippen LogP contribution in [0, 0.1) is 29.9 Å². The SMILES string of the molecule is Cc1cc(F)c(C(C)Nc2ccc(C#N)cc2Br)cc1F. The molecule has 0 radical (unpaired) electrons. The second kappa shape index (κ2) is 6.23. The maximum absolute atomic E-state index is 13.9. The predicted octanol–water partition coefficient (Wildman–Crippen LogP) is 5.08. The monoisotopic (exact) mass is 350 g/mol. The summed E-state index contributed by atoms with van der Waals surface area (Å²) in [4.78, 5) is 0. The molecule has 0 saturated heterocycles. The Morgan fingerprint density at radius 1 is 1.19 bits per heavy atom. The second-order valence-electron chi connectivity index (χ2n) is 4.80. The molecule has 0 heterocycles. The third-order valence-corrected chi connectivity index (χ3v) is 3.87. The van der Waals surface area contributed by atoms with Crippen LogP contribution < -0.4 is 5.32 Å². The number of hydrogen-bond donors (Lipinski definition) is 1. The number of nitriles is 1. The molecule has 0 aliphatic carbocycles. The van der Waals surface area contributed by atoms with Crippen LogP contribution in [0.5, 0.6) is 0 Å². The number of hydrogen-bond acceptors (Lipinski definition) is 2. The number of aryl methyl sites for hydroxylation is 1. The second-order valence-corrected chi connectivity index (χ2v) is 5.65. The highest BCUT2D eigenvalue weighted by Crippen LogP contribution is 2.29. The molecular formula is C16H13BrF2N2. The van der Waals surface area contributed by atoms with Gasteiger partial charge in [0.1, 0.15) is 11.6 Å². The summed E-state index contributed by atoms with van der Waals surface area (Å²) in [5.74, 6) is -0.877. The maximum Gasteiger partial charge on any atom is 0.128 e. The first-order chi connectivity index (χ1) is 9.92. The van der Waals surface area contributed by atoms with E-state index in [1.807, 2.05) is 6.07 Å². The number of rotatable bonds is 3. The van der Waals surface area contributed by atoms with Gasteiger partial charge in [-0.1, -0.05) is 0 Å². The van der Waals surface area contributed by atoms with E-state index in [-0.39, 0.29) is 11.1 Å². The molecule has 1 N–H and O–H groups in total. The van der Waals surface area contributed by atoms with Gasteiger partial charge >= 0.3 is 0 Å². The van der Waals surface area contributed by atoms with Gasteiger partial charge in [-0.2, -0.15) is 5.26 Å². The average molecular weight is 351 g/mol. The Morgan fingerprint density at radius 3 is 2.52 bits per heavy atom. The Bertz CT molecular complexity index is 723. The molecule has 108 valence electrons. The molecule has 0 aromatic heterocycles. The molecule has 1 unspecified atom stereocenters. The maximum atomic E-state index is 13.9. The van der Waals surface area contributed by atoms with Gasteiger partial charge in [-0.3, -0.25) is 0 Å². The van der Waals surface area contributed by atoms with Gasteiger partial charge in [0.2, 0.25) is 0 Å². The average Bonchev–Trinajstić information content (AvgIpc) is 2.44. The quantitative estimate of drug-likeness (QED) is 0.837. The molecule has 5 heteroatoms. The van der Waals surface area contributed by atoms with Crippen molar-refractivity contribution in [2.45, 2.75) is 19.9 Å². The molecule has 0 aliphatic rings. The molecule has 21 heavy (non-hydrogen) atoms. The number of halogens is 3. The smallest absolute Gasteiger partial charge is 0.128 e. The summed E-state index contributed by atoms with van der Waals surface area (Å²) >= 11 is 3.35. The standard InChI is InChI=1S/C16H13BrF2N2/c1-9-5-15(19)12(7-14(9)18)10(2)21-16-4-3-11(8-20)6-13(16)17/h3-7,10,21H,1-2H3. The first kappa shape index (κ1) is 15.5. The first-order valence-corrected chi connectivity index (χ1v) is 7.13. The summed E-state index contributed by atoms with van der Waals surface area (Å²) in [6.45, 7) is 3.27. The molecule has 0 fully saturated rings. The van der Waals surface area contributed by atoms with E-state index < -0.39 is 17.7 Å². The highest BCUT2D eigenvalue weighted by molar-refractivity contribution is 9.10. The lowest BCUT2D eigenvalue weighted by Crippen LogP contribution is -2.10. The van der Waals surface area contributed by atoms with Crippen LogP contribution in [0.1, 0.15) is 29.7 Å². The molecule has 2 aromatic rings. The number of anilines is 1. The minimum atomic E-state index is -0.446. The number of nitrogens with one attached hydrogen (secondary N) is 1. The van der Waals surface area contributed by atoms with Gasteiger partial charge in [-0.05, 0) is 65.7 Å². The fourth-order valence-corrected chi connectivity index (χ4v) is 2.50. The zero-order chi connectivity index (χ0) is 15.6. The minimum absolute atomic E-state index is 0.259. The van der Waals surface area contributed by atoms with Gasteiger partial charge in [0, 0.05) is 15.7 Å². The van der Waals surface area contributed by atoms with Gasteiger partial charge in [0.25, 0.3) is 0 Å². The number of benzene rings is 2. The van der Waals surface area contributed by atoms with Gasteiger partial charge in [-0.25, -0.2) is 8.78 Å². The van der Waals surface area contributed by atoms with Gasteiger partial charge in [-0.15, -0.1) is 0 Å². The van der Waals surface area contributed by atoms with Crippen molar-refractivity contribution in [1.29, 1.82) is 5.26 Å². The van der Waals surface area contributed by atoms with Crippen LogP contribution >= 0.6 is 15.9 Å². The highest BCUT2D eigenvalue weighted by atomic mass is 79.9. The van der Waals surface area contributed by atoms with Crippen molar-refractivity contribution in [3.63, 3.8) is 0 Å². The summed E-state index contributed by atoms with van der Waals surface area (Å²) < 4.78 is 28.2. The Labute approximate surface area is 130 Å². The van der Waals surface area contributed by atoms with Crippen LogP contribution in [0.4, 0.5) is 14.5 Å². The van der Waals surface area contributed by atoms with Crippen molar-refractivity contribution in [1.82, 2.24) is 0 Å². The Hall–Kier alpha value is -1.93. The van der Waals surface area contributed by atoms with Crippen LogP contribution in [-0.2, 0) is 0 Å².